The largest absolute Gasteiger partial charge is 0.339 e. The lowest BCUT2D eigenvalue weighted by atomic mass is 10.2. The second-order valence-corrected chi connectivity index (χ2v) is 7.65. The van der Waals surface area contributed by atoms with E-state index in [1.807, 2.05) is 0 Å². The van der Waals surface area contributed by atoms with Gasteiger partial charge >= 0.3 is 0 Å². The molecular formula is C15H11Cl2N3O2S. The Labute approximate surface area is 143 Å². The molecule has 0 aliphatic carbocycles. The molecule has 8 heteroatoms. The minimum atomic E-state index is -3.38. The molecule has 2 aromatic carbocycles. The van der Waals surface area contributed by atoms with E-state index in [0.717, 1.165) is 6.26 Å². The third-order valence-corrected chi connectivity index (χ3v) is 4.73. The minimum Gasteiger partial charge on any atom is -0.339 e. The molecule has 0 amide bonds. The number of fused-ring (bicyclic) bond motifs is 1. The van der Waals surface area contributed by atoms with E-state index in [2.05, 4.69) is 15.3 Å². The third kappa shape index (κ3) is 3.39. The summed E-state index contributed by atoms with van der Waals surface area (Å²) in [4.78, 5) is 8.45. The molecule has 0 unspecified atom stereocenters. The molecule has 0 radical (unpaired) electrons. The topological polar surface area (TPSA) is 72.0 Å². The van der Waals surface area contributed by atoms with Crippen molar-refractivity contribution in [3.05, 3.63) is 52.8 Å². The van der Waals surface area contributed by atoms with Crippen molar-refractivity contribution in [1.82, 2.24) is 9.97 Å². The predicted octanol–water partition coefficient (Wildman–Crippen LogP) is 4.08. The SMILES string of the molecule is CS(=O)(=O)c1ccccc1Nc1nc(Cl)nc2cc(Cl)ccc12. The Morgan fingerprint density at radius 2 is 1.78 bits per heavy atom. The fourth-order valence-electron chi connectivity index (χ4n) is 2.19. The zero-order valence-electron chi connectivity index (χ0n) is 11.9. The second kappa shape index (κ2) is 5.96. The summed E-state index contributed by atoms with van der Waals surface area (Å²) in [6, 6.07) is 11.7. The highest BCUT2D eigenvalue weighted by Crippen LogP contribution is 2.30. The van der Waals surface area contributed by atoms with Crippen molar-refractivity contribution in [1.29, 1.82) is 0 Å². The maximum Gasteiger partial charge on any atom is 0.224 e. The molecule has 118 valence electrons. The van der Waals surface area contributed by atoms with Crippen molar-refractivity contribution in [3.8, 4) is 0 Å². The molecule has 3 rings (SSSR count). The fraction of sp³-hybridized carbons (Fsp3) is 0.0667. The van der Waals surface area contributed by atoms with Crippen LogP contribution >= 0.6 is 23.2 Å². The molecule has 23 heavy (non-hydrogen) atoms. The molecule has 1 heterocycles. The highest BCUT2D eigenvalue weighted by Gasteiger charge is 2.15. The van der Waals surface area contributed by atoms with Crippen LogP contribution in [-0.4, -0.2) is 24.6 Å². The Balaban J connectivity index is 2.17. The van der Waals surface area contributed by atoms with Gasteiger partial charge < -0.3 is 5.32 Å². The summed E-state index contributed by atoms with van der Waals surface area (Å²) in [6.45, 7) is 0. The zero-order chi connectivity index (χ0) is 16.6. The van der Waals surface area contributed by atoms with Gasteiger partial charge in [0, 0.05) is 16.7 Å². The van der Waals surface area contributed by atoms with Crippen molar-refractivity contribution in [2.45, 2.75) is 4.90 Å². The number of anilines is 2. The van der Waals surface area contributed by atoms with Crippen molar-refractivity contribution >= 4 is 55.4 Å². The normalized spacial score (nSPS) is 11.6. The van der Waals surface area contributed by atoms with Crippen LogP contribution in [0.2, 0.25) is 10.3 Å². The molecule has 1 N–H and O–H groups in total. The average Bonchev–Trinajstić information content (AvgIpc) is 2.46. The quantitative estimate of drug-likeness (QED) is 0.706. The lowest BCUT2D eigenvalue weighted by Gasteiger charge is -2.12. The van der Waals surface area contributed by atoms with Gasteiger partial charge in [-0.3, -0.25) is 0 Å². The molecule has 1 aromatic heterocycles. The van der Waals surface area contributed by atoms with Gasteiger partial charge in [0.15, 0.2) is 9.84 Å². The molecule has 0 aliphatic rings. The molecule has 0 saturated heterocycles. The average molecular weight is 368 g/mol. The van der Waals surface area contributed by atoms with E-state index < -0.39 is 9.84 Å². The fourth-order valence-corrected chi connectivity index (χ4v) is 3.38. The number of para-hydroxylation sites is 1. The van der Waals surface area contributed by atoms with E-state index in [4.69, 9.17) is 23.2 Å². The first kappa shape index (κ1) is 16.0. The number of benzene rings is 2. The number of nitrogens with one attached hydrogen (secondary N) is 1. The van der Waals surface area contributed by atoms with E-state index in [0.29, 0.717) is 27.4 Å². The van der Waals surface area contributed by atoms with Gasteiger partial charge in [-0.2, -0.15) is 4.98 Å². The first-order valence-electron chi connectivity index (χ1n) is 6.53. The Morgan fingerprint density at radius 1 is 1.04 bits per heavy atom. The number of halogens is 2. The van der Waals surface area contributed by atoms with Crippen molar-refractivity contribution < 1.29 is 8.42 Å². The second-order valence-electron chi connectivity index (χ2n) is 4.90. The molecule has 3 aromatic rings. The highest BCUT2D eigenvalue weighted by atomic mass is 35.5. The van der Waals surface area contributed by atoms with Gasteiger partial charge in [0.25, 0.3) is 0 Å². The van der Waals surface area contributed by atoms with Crippen molar-refractivity contribution in [3.63, 3.8) is 0 Å². The monoisotopic (exact) mass is 367 g/mol. The summed E-state index contributed by atoms with van der Waals surface area (Å²) < 4.78 is 23.8. The van der Waals surface area contributed by atoms with Gasteiger partial charge in [0.05, 0.1) is 16.1 Å². The summed E-state index contributed by atoms with van der Waals surface area (Å²) in [7, 11) is -3.38. The van der Waals surface area contributed by atoms with E-state index in [-0.39, 0.29) is 10.2 Å². The number of aromatic nitrogens is 2. The maximum atomic E-state index is 11.9. The Bertz CT molecular complexity index is 1000. The van der Waals surface area contributed by atoms with Crippen LogP contribution in [0, 0.1) is 0 Å². The Hall–Kier alpha value is -1.89. The number of hydrogen-bond donors (Lipinski definition) is 1. The number of sulfone groups is 1. The van der Waals surface area contributed by atoms with Gasteiger partial charge in [-0.25, -0.2) is 13.4 Å². The van der Waals surface area contributed by atoms with E-state index >= 15 is 0 Å². The van der Waals surface area contributed by atoms with Gasteiger partial charge in [-0.05, 0) is 41.9 Å². The van der Waals surface area contributed by atoms with Crippen LogP contribution in [0.5, 0.6) is 0 Å². The third-order valence-electron chi connectivity index (χ3n) is 3.17. The highest BCUT2D eigenvalue weighted by molar-refractivity contribution is 7.90. The molecular weight excluding hydrogens is 357 g/mol. The number of nitrogens with zero attached hydrogens (tertiary/aromatic N) is 2. The smallest absolute Gasteiger partial charge is 0.224 e. The van der Waals surface area contributed by atoms with Gasteiger partial charge in [0.2, 0.25) is 5.28 Å². The van der Waals surface area contributed by atoms with Gasteiger partial charge in [0.1, 0.15) is 5.82 Å². The molecule has 0 atom stereocenters. The molecule has 0 bridgehead atoms. The van der Waals surface area contributed by atoms with Crippen LogP contribution in [0.3, 0.4) is 0 Å². The zero-order valence-corrected chi connectivity index (χ0v) is 14.2. The van der Waals surface area contributed by atoms with Gasteiger partial charge in [-0.1, -0.05) is 23.7 Å². The summed E-state index contributed by atoms with van der Waals surface area (Å²) in [5.41, 5.74) is 0.984. The molecule has 0 saturated carbocycles. The van der Waals surface area contributed by atoms with E-state index in [1.54, 1.807) is 36.4 Å². The van der Waals surface area contributed by atoms with Crippen molar-refractivity contribution in [2.24, 2.45) is 0 Å². The molecule has 0 spiro atoms. The summed E-state index contributed by atoms with van der Waals surface area (Å²) in [5, 5.41) is 4.27. The van der Waals surface area contributed by atoms with Crippen LogP contribution in [0.25, 0.3) is 10.9 Å². The maximum absolute atomic E-state index is 11.9. The summed E-state index contributed by atoms with van der Waals surface area (Å²) in [5.74, 6) is 0.410. The molecule has 0 fully saturated rings. The van der Waals surface area contributed by atoms with Crippen LogP contribution in [-0.2, 0) is 9.84 Å². The molecule has 0 aliphatic heterocycles. The Morgan fingerprint density at radius 3 is 2.52 bits per heavy atom. The predicted molar refractivity (Wildman–Crippen MR) is 92.4 cm³/mol. The van der Waals surface area contributed by atoms with E-state index in [1.165, 1.54) is 6.07 Å². The first-order chi connectivity index (χ1) is 10.8. The van der Waals surface area contributed by atoms with Crippen molar-refractivity contribution in [2.75, 3.05) is 11.6 Å². The summed E-state index contributed by atoms with van der Waals surface area (Å²) in [6.07, 6.45) is 1.15. The van der Waals surface area contributed by atoms with Crippen LogP contribution < -0.4 is 5.32 Å². The minimum absolute atomic E-state index is 0.0408. The Kier molecular flexibility index (Phi) is 4.14. The lowest BCUT2D eigenvalue weighted by Crippen LogP contribution is -2.04. The molecule has 5 nitrogen and oxygen atoms in total. The van der Waals surface area contributed by atoms with Crippen LogP contribution in [0.15, 0.2) is 47.4 Å². The standard InChI is InChI=1S/C15H11Cl2N3O2S/c1-23(21,22)13-5-3-2-4-11(13)18-14-10-7-6-9(16)8-12(10)19-15(17)20-14/h2-8H,1H3,(H,18,19,20). The lowest BCUT2D eigenvalue weighted by molar-refractivity contribution is 0.602. The van der Waals surface area contributed by atoms with Crippen LogP contribution in [0.1, 0.15) is 0 Å². The first-order valence-corrected chi connectivity index (χ1v) is 9.18. The number of hydrogen-bond acceptors (Lipinski definition) is 5. The van der Waals surface area contributed by atoms with Gasteiger partial charge in [-0.15, -0.1) is 0 Å². The van der Waals surface area contributed by atoms with E-state index in [9.17, 15) is 8.42 Å². The summed E-state index contributed by atoms with van der Waals surface area (Å²) >= 11 is 11.9. The number of rotatable bonds is 3. The van der Waals surface area contributed by atoms with Crippen LogP contribution in [0.4, 0.5) is 11.5 Å².